The number of nitrogens with zero attached hydrogens (tertiary/aromatic N) is 2. The molecule has 0 aliphatic carbocycles. The molecule has 32 heavy (non-hydrogen) atoms. The molecule has 1 amide bonds. The van der Waals surface area contributed by atoms with Crippen LogP contribution < -0.4 is 14.9 Å². The van der Waals surface area contributed by atoms with Crippen LogP contribution in [-0.2, 0) is 19.6 Å². The van der Waals surface area contributed by atoms with Crippen LogP contribution in [0.5, 0.6) is 0 Å². The molecule has 172 valence electrons. The summed E-state index contributed by atoms with van der Waals surface area (Å²) in [6.07, 6.45) is 0.985. The number of amides is 1. The first-order valence-electron chi connectivity index (χ1n) is 10.4. The minimum atomic E-state index is -3.56. The number of carbonyl (C=O) groups excluding carboxylic acids is 2. The van der Waals surface area contributed by atoms with E-state index < -0.39 is 28.5 Å². The Kier molecular flexibility index (Phi) is 7.70. The van der Waals surface area contributed by atoms with E-state index in [1.807, 2.05) is 24.3 Å². The third-order valence-electron chi connectivity index (χ3n) is 5.11. The van der Waals surface area contributed by atoms with Crippen LogP contribution in [0.15, 0.2) is 48.5 Å². The number of likely N-dealkylation sites (N-methyl/N-ethyl adjacent to an activating group) is 1. The van der Waals surface area contributed by atoms with Crippen LogP contribution >= 0.6 is 0 Å². The molecule has 2 N–H and O–H groups in total. The Morgan fingerprint density at radius 3 is 2.28 bits per heavy atom. The number of rotatable bonds is 8. The lowest BCUT2D eigenvalue weighted by atomic mass is 10.2. The highest BCUT2D eigenvalue weighted by Crippen LogP contribution is 2.20. The highest BCUT2D eigenvalue weighted by molar-refractivity contribution is 7.92. The Hall–Kier alpha value is -3.11. The number of carbonyl (C=O) groups is 2. The number of nitrogens with one attached hydrogen (secondary N) is 2. The van der Waals surface area contributed by atoms with E-state index in [1.165, 1.54) is 12.1 Å². The van der Waals surface area contributed by atoms with Crippen molar-refractivity contribution >= 4 is 39.0 Å². The minimum absolute atomic E-state index is 0.0262. The number of anilines is 3. The van der Waals surface area contributed by atoms with Crippen molar-refractivity contribution in [2.45, 2.75) is 6.92 Å². The summed E-state index contributed by atoms with van der Waals surface area (Å²) in [5.74, 6) is -1.29. The summed E-state index contributed by atoms with van der Waals surface area (Å²) in [5.41, 5.74) is 1.82. The quantitative estimate of drug-likeness (QED) is 0.580. The van der Waals surface area contributed by atoms with Crippen LogP contribution in [0.2, 0.25) is 0 Å². The summed E-state index contributed by atoms with van der Waals surface area (Å²) in [5, 5.41) is 2.69. The van der Waals surface area contributed by atoms with Crippen molar-refractivity contribution < 1.29 is 22.7 Å². The molecule has 9 nitrogen and oxygen atoms in total. The molecule has 0 bridgehead atoms. The highest BCUT2D eigenvalue weighted by atomic mass is 32.2. The van der Waals surface area contributed by atoms with Gasteiger partial charge in [-0.15, -0.1) is 0 Å². The third-order valence-corrected chi connectivity index (χ3v) is 5.70. The second-order valence-corrected chi connectivity index (χ2v) is 9.26. The third kappa shape index (κ3) is 6.69. The number of hydrogen-bond acceptors (Lipinski definition) is 7. The van der Waals surface area contributed by atoms with Crippen LogP contribution in [0.4, 0.5) is 17.1 Å². The van der Waals surface area contributed by atoms with Crippen LogP contribution in [0.1, 0.15) is 17.3 Å². The van der Waals surface area contributed by atoms with Gasteiger partial charge >= 0.3 is 5.97 Å². The molecule has 0 radical (unpaired) electrons. The van der Waals surface area contributed by atoms with Gasteiger partial charge in [0.05, 0.1) is 17.5 Å². The van der Waals surface area contributed by atoms with E-state index in [0.29, 0.717) is 5.69 Å². The highest BCUT2D eigenvalue weighted by Gasteiger charge is 2.17. The normalized spacial score (nSPS) is 14.6. The predicted molar refractivity (Wildman–Crippen MR) is 125 cm³/mol. The van der Waals surface area contributed by atoms with Crippen molar-refractivity contribution in [2.75, 3.05) is 60.5 Å². The second kappa shape index (κ2) is 10.5. The maximum absolute atomic E-state index is 12.3. The van der Waals surface area contributed by atoms with Gasteiger partial charge in [-0.1, -0.05) is 19.1 Å². The number of sulfonamides is 1. The van der Waals surface area contributed by atoms with Gasteiger partial charge in [0, 0.05) is 37.6 Å². The summed E-state index contributed by atoms with van der Waals surface area (Å²) in [4.78, 5) is 29.2. The van der Waals surface area contributed by atoms with E-state index in [9.17, 15) is 18.0 Å². The molecule has 0 spiro atoms. The van der Waals surface area contributed by atoms with E-state index in [4.69, 9.17) is 4.74 Å². The topological polar surface area (TPSA) is 108 Å². The number of benzene rings is 2. The van der Waals surface area contributed by atoms with Gasteiger partial charge in [-0.2, -0.15) is 0 Å². The number of hydrogen-bond donors (Lipinski definition) is 2. The van der Waals surface area contributed by atoms with E-state index in [2.05, 4.69) is 26.8 Å². The van der Waals surface area contributed by atoms with Crippen molar-refractivity contribution in [2.24, 2.45) is 0 Å². The molecule has 10 heteroatoms. The molecule has 1 heterocycles. The number of para-hydroxylation sites is 1. The molecule has 2 aromatic carbocycles. The van der Waals surface area contributed by atoms with Crippen LogP contribution in [0.25, 0.3) is 0 Å². The molecule has 1 fully saturated rings. The van der Waals surface area contributed by atoms with Crippen molar-refractivity contribution in [3.8, 4) is 0 Å². The minimum Gasteiger partial charge on any atom is -0.452 e. The first-order valence-corrected chi connectivity index (χ1v) is 12.3. The van der Waals surface area contributed by atoms with E-state index in [-0.39, 0.29) is 11.3 Å². The Morgan fingerprint density at radius 1 is 1.00 bits per heavy atom. The van der Waals surface area contributed by atoms with Gasteiger partial charge in [-0.3, -0.25) is 9.52 Å². The molecule has 1 aliphatic rings. The number of piperazine rings is 1. The monoisotopic (exact) mass is 460 g/mol. The molecule has 2 aromatic rings. The van der Waals surface area contributed by atoms with Crippen LogP contribution in [-0.4, -0.2) is 70.8 Å². The van der Waals surface area contributed by atoms with Crippen molar-refractivity contribution in [1.82, 2.24) is 4.90 Å². The van der Waals surface area contributed by atoms with Crippen molar-refractivity contribution in [1.29, 1.82) is 0 Å². The van der Waals surface area contributed by atoms with Crippen molar-refractivity contribution in [3.05, 3.63) is 54.1 Å². The molecular weight excluding hydrogens is 432 g/mol. The largest absolute Gasteiger partial charge is 0.452 e. The fourth-order valence-electron chi connectivity index (χ4n) is 3.43. The molecule has 1 aliphatic heterocycles. The first-order chi connectivity index (χ1) is 15.2. The summed E-state index contributed by atoms with van der Waals surface area (Å²) in [6.45, 7) is 6.72. The average Bonchev–Trinajstić information content (AvgIpc) is 2.77. The molecular formula is C22H28N4O5S. The summed E-state index contributed by atoms with van der Waals surface area (Å²) >= 11 is 0. The number of ether oxygens (including phenoxy) is 1. The maximum atomic E-state index is 12.3. The molecule has 3 rings (SSSR count). The summed E-state index contributed by atoms with van der Waals surface area (Å²) in [7, 11) is -3.56. The van der Waals surface area contributed by atoms with E-state index in [0.717, 1.165) is 44.7 Å². The van der Waals surface area contributed by atoms with Crippen molar-refractivity contribution in [3.63, 3.8) is 0 Å². The van der Waals surface area contributed by atoms with Gasteiger partial charge in [0.2, 0.25) is 10.0 Å². The lowest BCUT2D eigenvalue weighted by molar-refractivity contribution is -0.119. The summed E-state index contributed by atoms with van der Waals surface area (Å²) in [6, 6.07) is 13.6. The predicted octanol–water partition coefficient (Wildman–Crippen LogP) is 2.00. The van der Waals surface area contributed by atoms with E-state index in [1.54, 1.807) is 12.1 Å². The SMILES string of the molecule is CCN1CCN(c2ccc(NC(=O)COC(=O)c3ccccc3NS(C)(=O)=O)cc2)CC1. The second-order valence-electron chi connectivity index (χ2n) is 7.51. The smallest absolute Gasteiger partial charge is 0.340 e. The lowest BCUT2D eigenvalue weighted by Gasteiger charge is -2.35. The fourth-order valence-corrected chi connectivity index (χ4v) is 4.01. The number of esters is 1. The van der Waals surface area contributed by atoms with Gasteiger partial charge in [0.15, 0.2) is 6.61 Å². The lowest BCUT2D eigenvalue weighted by Crippen LogP contribution is -2.46. The Morgan fingerprint density at radius 2 is 1.66 bits per heavy atom. The van der Waals surface area contributed by atoms with Gasteiger partial charge < -0.3 is 19.9 Å². The maximum Gasteiger partial charge on any atom is 0.340 e. The standard InChI is InChI=1S/C22H28N4O5S/c1-3-25-12-14-26(15-13-25)18-10-8-17(9-11-18)23-21(27)16-31-22(28)19-6-4-5-7-20(19)24-32(2,29)30/h4-11,24H,3,12-16H2,1-2H3,(H,23,27). The van der Waals surface area contributed by atoms with E-state index >= 15 is 0 Å². The molecule has 0 unspecified atom stereocenters. The van der Waals surface area contributed by atoms with Crippen LogP contribution in [0, 0.1) is 0 Å². The molecule has 0 aromatic heterocycles. The zero-order chi connectivity index (χ0) is 23.1. The first kappa shape index (κ1) is 23.6. The molecule has 0 saturated carbocycles. The van der Waals surface area contributed by atoms with Crippen LogP contribution in [0.3, 0.4) is 0 Å². The van der Waals surface area contributed by atoms with Gasteiger partial charge in [-0.05, 0) is 42.9 Å². The average molecular weight is 461 g/mol. The fraction of sp³-hybridized carbons (Fsp3) is 0.364. The Balaban J connectivity index is 1.52. The van der Waals surface area contributed by atoms with Gasteiger partial charge in [0.1, 0.15) is 0 Å². The van der Waals surface area contributed by atoms with Gasteiger partial charge in [0.25, 0.3) is 5.91 Å². The zero-order valence-electron chi connectivity index (χ0n) is 18.2. The molecule has 0 atom stereocenters. The Labute approximate surface area is 188 Å². The Bertz CT molecular complexity index is 1050. The van der Waals surface area contributed by atoms with Gasteiger partial charge in [-0.25, -0.2) is 13.2 Å². The summed E-state index contributed by atoms with van der Waals surface area (Å²) < 4.78 is 30.2. The zero-order valence-corrected chi connectivity index (χ0v) is 19.0. The molecule has 1 saturated heterocycles.